The van der Waals surface area contributed by atoms with Crippen LogP contribution in [0.1, 0.15) is 5.56 Å². The lowest BCUT2D eigenvalue weighted by Crippen LogP contribution is -2.47. The monoisotopic (exact) mass is 254 g/mol. The summed E-state index contributed by atoms with van der Waals surface area (Å²) in [5.41, 5.74) is 1.20. The van der Waals surface area contributed by atoms with Crippen molar-refractivity contribution in [2.75, 3.05) is 36.0 Å². The van der Waals surface area contributed by atoms with Crippen molar-refractivity contribution in [3.05, 3.63) is 48.3 Å². The number of aromatic nitrogens is 2. The Morgan fingerprint density at radius 1 is 0.842 bits per heavy atom. The first-order chi connectivity index (χ1) is 9.33. The zero-order chi connectivity index (χ0) is 13.1. The molecule has 0 atom stereocenters. The van der Waals surface area contributed by atoms with Crippen molar-refractivity contribution >= 4 is 11.6 Å². The Morgan fingerprint density at radius 2 is 1.53 bits per heavy atom. The molecule has 1 saturated heterocycles. The van der Waals surface area contributed by atoms with Crippen LogP contribution in [0.5, 0.6) is 0 Å². The van der Waals surface area contributed by atoms with Crippen LogP contribution in [0.4, 0.5) is 11.6 Å². The molecule has 3 heterocycles. The van der Waals surface area contributed by atoms with Gasteiger partial charge in [-0.2, -0.15) is 0 Å². The van der Waals surface area contributed by atoms with E-state index in [4.69, 9.17) is 0 Å². The molecule has 19 heavy (non-hydrogen) atoms. The van der Waals surface area contributed by atoms with Gasteiger partial charge in [0.25, 0.3) is 0 Å². The summed E-state index contributed by atoms with van der Waals surface area (Å²) >= 11 is 0. The van der Waals surface area contributed by atoms with Crippen LogP contribution in [0.25, 0.3) is 0 Å². The number of pyridine rings is 2. The van der Waals surface area contributed by atoms with Gasteiger partial charge in [0, 0.05) is 38.6 Å². The lowest BCUT2D eigenvalue weighted by molar-refractivity contribution is 0.641. The van der Waals surface area contributed by atoms with Gasteiger partial charge in [-0.15, -0.1) is 0 Å². The predicted octanol–water partition coefficient (Wildman–Crippen LogP) is 2.11. The maximum atomic E-state index is 4.49. The zero-order valence-electron chi connectivity index (χ0n) is 11.2. The summed E-state index contributed by atoms with van der Waals surface area (Å²) in [4.78, 5) is 13.6. The van der Waals surface area contributed by atoms with E-state index >= 15 is 0 Å². The highest BCUT2D eigenvalue weighted by Crippen LogP contribution is 2.17. The number of hydrogen-bond acceptors (Lipinski definition) is 4. The molecule has 0 amide bonds. The third kappa shape index (κ3) is 2.67. The van der Waals surface area contributed by atoms with Crippen LogP contribution < -0.4 is 9.80 Å². The highest BCUT2D eigenvalue weighted by atomic mass is 15.3. The average molecular weight is 254 g/mol. The molecule has 0 aliphatic carbocycles. The normalized spacial score (nSPS) is 15.6. The molecule has 2 aromatic rings. The average Bonchev–Trinajstić information content (AvgIpc) is 2.49. The summed E-state index contributed by atoms with van der Waals surface area (Å²) in [5.74, 6) is 2.14. The molecule has 1 fully saturated rings. The molecular formula is C15H18N4. The molecule has 3 rings (SSSR count). The van der Waals surface area contributed by atoms with Gasteiger partial charge >= 0.3 is 0 Å². The van der Waals surface area contributed by atoms with E-state index in [-0.39, 0.29) is 0 Å². The van der Waals surface area contributed by atoms with Crippen molar-refractivity contribution in [1.29, 1.82) is 0 Å². The summed E-state index contributed by atoms with van der Waals surface area (Å²) in [6, 6.07) is 10.3. The van der Waals surface area contributed by atoms with Crippen molar-refractivity contribution in [2.45, 2.75) is 6.92 Å². The second kappa shape index (κ2) is 5.26. The van der Waals surface area contributed by atoms with Crippen molar-refractivity contribution in [1.82, 2.24) is 9.97 Å². The SMILES string of the molecule is Cc1ccc(N2CCN(c3ccccn3)CC2)nc1. The molecule has 0 saturated carbocycles. The third-order valence-corrected chi connectivity index (χ3v) is 3.47. The minimum Gasteiger partial charge on any atom is -0.353 e. The smallest absolute Gasteiger partial charge is 0.128 e. The van der Waals surface area contributed by atoms with Crippen LogP contribution in [0.3, 0.4) is 0 Å². The Hall–Kier alpha value is -2.10. The first kappa shape index (κ1) is 12.0. The van der Waals surface area contributed by atoms with E-state index in [2.05, 4.69) is 44.9 Å². The summed E-state index contributed by atoms with van der Waals surface area (Å²) in [7, 11) is 0. The second-order valence-corrected chi connectivity index (χ2v) is 4.86. The van der Waals surface area contributed by atoms with E-state index < -0.39 is 0 Å². The molecule has 1 aliphatic heterocycles. The van der Waals surface area contributed by atoms with E-state index in [1.807, 2.05) is 24.5 Å². The van der Waals surface area contributed by atoms with Crippen LogP contribution in [0.2, 0.25) is 0 Å². The summed E-state index contributed by atoms with van der Waals surface area (Å²) < 4.78 is 0. The molecule has 1 aliphatic rings. The first-order valence-corrected chi connectivity index (χ1v) is 6.66. The van der Waals surface area contributed by atoms with Gasteiger partial charge in [0.1, 0.15) is 11.6 Å². The summed E-state index contributed by atoms with van der Waals surface area (Å²) in [6.07, 6.45) is 3.78. The standard InChI is InChI=1S/C15H18N4/c1-13-5-6-15(17-12-13)19-10-8-18(9-11-19)14-4-2-3-7-16-14/h2-7,12H,8-11H2,1H3. The Kier molecular flexibility index (Phi) is 3.31. The van der Waals surface area contributed by atoms with Crippen LogP contribution in [-0.4, -0.2) is 36.1 Å². The Morgan fingerprint density at radius 3 is 2.05 bits per heavy atom. The fraction of sp³-hybridized carbons (Fsp3) is 0.333. The number of nitrogens with zero attached hydrogens (tertiary/aromatic N) is 4. The van der Waals surface area contributed by atoms with Crippen molar-refractivity contribution in [3.63, 3.8) is 0 Å². The summed E-state index contributed by atoms with van der Waals surface area (Å²) in [5, 5.41) is 0. The third-order valence-electron chi connectivity index (χ3n) is 3.47. The number of aryl methyl sites for hydroxylation is 1. The summed E-state index contributed by atoms with van der Waals surface area (Å²) in [6.45, 7) is 6.04. The van der Waals surface area contributed by atoms with Gasteiger partial charge in [0.15, 0.2) is 0 Å². The van der Waals surface area contributed by atoms with Gasteiger partial charge in [0.05, 0.1) is 0 Å². The Bertz CT molecular complexity index is 516. The van der Waals surface area contributed by atoms with E-state index in [1.165, 1.54) is 5.56 Å². The first-order valence-electron chi connectivity index (χ1n) is 6.66. The molecular weight excluding hydrogens is 236 g/mol. The molecule has 0 unspecified atom stereocenters. The molecule has 0 radical (unpaired) electrons. The van der Waals surface area contributed by atoms with Crippen LogP contribution in [0.15, 0.2) is 42.7 Å². The van der Waals surface area contributed by atoms with E-state index in [0.717, 1.165) is 37.8 Å². The van der Waals surface area contributed by atoms with Crippen LogP contribution in [0, 0.1) is 6.92 Å². The van der Waals surface area contributed by atoms with Gasteiger partial charge < -0.3 is 9.80 Å². The largest absolute Gasteiger partial charge is 0.353 e. The van der Waals surface area contributed by atoms with Gasteiger partial charge in [-0.3, -0.25) is 0 Å². The minimum absolute atomic E-state index is 0.993. The van der Waals surface area contributed by atoms with Crippen LogP contribution >= 0.6 is 0 Å². The van der Waals surface area contributed by atoms with E-state index in [1.54, 1.807) is 0 Å². The van der Waals surface area contributed by atoms with Gasteiger partial charge in [-0.1, -0.05) is 12.1 Å². The quantitative estimate of drug-likeness (QED) is 0.821. The lowest BCUT2D eigenvalue weighted by Gasteiger charge is -2.36. The maximum absolute atomic E-state index is 4.49. The molecule has 0 aromatic carbocycles. The van der Waals surface area contributed by atoms with E-state index in [0.29, 0.717) is 0 Å². The topological polar surface area (TPSA) is 32.3 Å². The highest BCUT2D eigenvalue weighted by Gasteiger charge is 2.18. The Labute approximate surface area is 113 Å². The zero-order valence-corrected chi connectivity index (χ0v) is 11.2. The fourth-order valence-electron chi connectivity index (χ4n) is 2.35. The highest BCUT2D eigenvalue weighted by molar-refractivity contribution is 5.44. The molecule has 2 aromatic heterocycles. The van der Waals surface area contributed by atoms with Crippen molar-refractivity contribution < 1.29 is 0 Å². The molecule has 98 valence electrons. The predicted molar refractivity (Wildman–Crippen MR) is 77.6 cm³/mol. The number of anilines is 2. The number of rotatable bonds is 2. The Balaban J connectivity index is 1.65. The molecule has 0 spiro atoms. The minimum atomic E-state index is 0.993. The maximum Gasteiger partial charge on any atom is 0.128 e. The number of hydrogen-bond donors (Lipinski definition) is 0. The van der Waals surface area contributed by atoms with Gasteiger partial charge in [-0.05, 0) is 30.7 Å². The van der Waals surface area contributed by atoms with Gasteiger partial charge in [-0.25, -0.2) is 9.97 Å². The van der Waals surface area contributed by atoms with Crippen molar-refractivity contribution in [2.24, 2.45) is 0 Å². The molecule has 0 N–H and O–H groups in total. The fourth-order valence-corrected chi connectivity index (χ4v) is 2.35. The van der Waals surface area contributed by atoms with Crippen LogP contribution in [-0.2, 0) is 0 Å². The lowest BCUT2D eigenvalue weighted by atomic mass is 10.2. The van der Waals surface area contributed by atoms with Gasteiger partial charge in [0.2, 0.25) is 0 Å². The number of piperazine rings is 1. The molecule has 4 nitrogen and oxygen atoms in total. The second-order valence-electron chi connectivity index (χ2n) is 4.86. The molecule has 0 bridgehead atoms. The molecule has 4 heteroatoms. The van der Waals surface area contributed by atoms with Crippen molar-refractivity contribution in [3.8, 4) is 0 Å². The van der Waals surface area contributed by atoms with E-state index in [9.17, 15) is 0 Å².